The molecule has 0 saturated heterocycles. The molecule has 110 valence electrons. The fraction of sp³-hybridized carbons (Fsp3) is 0.273. The first-order chi connectivity index (χ1) is 9.16. The van der Waals surface area contributed by atoms with E-state index in [-0.39, 0.29) is 16.1 Å². The Labute approximate surface area is 113 Å². The van der Waals surface area contributed by atoms with Gasteiger partial charge in [-0.15, -0.1) is 0 Å². The Morgan fingerprint density at radius 2 is 1.90 bits per heavy atom. The molecule has 0 fully saturated rings. The molecule has 9 heteroatoms. The predicted molar refractivity (Wildman–Crippen MR) is 65.5 cm³/mol. The van der Waals surface area contributed by atoms with E-state index in [1.807, 2.05) is 0 Å². The maximum absolute atomic E-state index is 12.2. The Morgan fingerprint density at radius 3 is 2.35 bits per heavy atom. The van der Waals surface area contributed by atoms with Crippen molar-refractivity contribution in [2.75, 3.05) is 18.7 Å². The molecule has 6 nitrogen and oxygen atoms in total. The lowest BCUT2D eigenvalue weighted by molar-refractivity contribution is -0.126. The Morgan fingerprint density at radius 1 is 1.30 bits per heavy atom. The third-order valence-electron chi connectivity index (χ3n) is 2.28. The van der Waals surface area contributed by atoms with Crippen molar-refractivity contribution in [3.8, 4) is 0 Å². The number of anilines is 1. The van der Waals surface area contributed by atoms with E-state index >= 15 is 0 Å². The standard InChI is InChI=1S/C11H11F2NO5S/c1-19-11(16)7-4-3-6(20(2,17)18)5-8(7)14-10(15)9(12)13/h3-5,9H,1-2H3,(H,14,15). The van der Waals surface area contributed by atoms with Crippen LogP contribution >= 0.6 is 0 Å². The number of carbonyl (C=O) groups excluding carboxylic acids is 2. The minimum atomic E-state index is -3.62. The van der Waals surface area contributed by atoms with Gasteiger partial charge in [-0.3, -0.25) is 4.79 Å². The second-order valence-corrected chi connectivity index (χ2v) is 5.78. The van der Waals surface area contributed by atoms with Gasteiger partial charge in [0.15, 0.2) is 9.84 Å². The molecule has 0 aliphatic rings. The lowest BCUT2D eigenvalue weighted by Gasteiger charge is -2.11. The van der Waals surface area contributed by atoms with Crippen molar-refractivity contribution < 1.29 is 31.5 Å². The van der Waals surface area contributed by atoms with E-state index in [9.17, 15) is 26.8 Å². The van der Waals surface area contributed by atoms with Crippen LogP contribution in [0.2, 0.25) is 0 Å². The largest absolute Gasteiger partial charge is 0.465 e. The van der Waals surface area contributed by atoms with E-state index < -0.39 is 28.1 Å². The number of nitrogens with one attached hydrogen (secondary N) is 1. The predicted octanol–water partition coefficient (Wildman–Crippen LogP) is 1.08. The smallest absolute Gasteiger partial charge is 0.339 e. The van der Waals surface area contributed by atoms with Crippen LogP contribution in [0.4, 0.5) is 14.5 Å². The second kappa shape index (κ2) is 5.95. The fourth-order valence-electron chi connectivity index (χ4n) is 1.33. The van der Waals surface area contributed by atoms with Crippen molar-refractivity contribution in [3.05, 3.63) is 23.8 Å². The van der Waals surface area contributed by atoms with Gasteiger partial charge < -0.3 is 10.1 Å². The molecule has 0 unspecified atom stereocenters. The Hall–Kier alpha value is -2.03. The van der Waals surface area contributed by atoms with Crippen LogP contribution in [-0.4, -0.2) is 40.1 Å². The van der Waals surface area contributed by atoms with Gasteiger partial charge in [0.05, 0.1) is 23.3 Å². The molecule has 1 N–H and O–H groups in total. The first kappa shape index (κ1) is 16.0. The van der Waals surface area contributed by atoms with Crippen LogP contribution in [0.1, 0.15) is 10.4 Å². The number of esters is 1. The summed E-state index contributed by atoms with van der Waals surface area (Å²) >= 11 is 0. The number of amides is 1. The number of benzene rings is 1. The average Bonchev–Trinajstić information content (AvgIpc) is 2.36. The zero-order valence-electron chi connectivity index (χ0n) is 10.5. The molecule has 0 saturated carbocycles. The molecular weight excluding hydrogens is 296 g/mol. The first-order valence-electron chi connectivity index (χ1n) is 5.18. The molecule has 1 aromatic carbocycles. The molecule has 1 rings (SSSR count). The number of sulfone groups is 1. The Kier molecular flexibility index (Phi) is 4.77. The summed E-state index contributed by atoms with van der Waals surface area (Å²) in [5, 5.41) is 1.78. The van der Waals surface area contributed by atoms with Gasteiger partial charge in [0.25, 0.3) is 5.91 Å². The molecular formula is C11H11F2NO5S. The first-order valence-corrected chi connectivity index (χ1v) is 7.07. The zero-order chi connectivity index (χ0) is 15.5. The van der Waals surface area contributed by atoms with E-state index in [2.05, 4.69) is 4.74 Å². The molecule has 0 atom stereocenters. The molecule has 0 radical (unpaired) electrons. The highest BCUT2D eigenvalue weighted by molar-refractivity contribution is 7.90. The number of rotatable bonds is 4. The molecule has 0 aromatic heterocycles. The van der Waals surface area contributed by atoms with Crippen LogP contribution in [0.15, 0.2) is 23.1 Å². The molecule has 0 bridgehead atoms. The van der Waals surface area contributed by atoms with Crippen LogP contribution < -0.4 is 5.32 Å². The van der Waals surface area contributed by atoms with E-state index in [1.54, 1.807) is 5.32 Å². The topological polar surface area (TPSA) is 89.5 Å². The number of carbonyl (C=O) groups is 2. The maximum atomic E-state index is 12.2. The van der Waals surface area contributed by atoms with Crippen LogP contribution in [0.3, 0.4) is 0 Å². The third kappa shape index (κ3) is 3.73. The number of ether oxygens (including phenoxy) is 1. The fourth-order valence-corrected chi connectivity index (χ4v) is 1.98. The van der Waals surface area contributed by atoms with Crippen LogP contribution in [0.25, 0.3) is 0 Å². The van der Waals surface area contributed by atoms with Crippen molar-refractivity contribution in [2.45, 2.75) is 11.3 Å². The Bertz CT molecular complexity index is 642. The van der Waals surface area contributed by atoms with Gasteiger partial charge in [0.1, 0.15) is 0 Å². The van der Waals surface area contributed by atoms with Crippen molar-refractivity contribution in [1.29, 1.82) is 0 Å². The number of alkyl halides is 2. The van der Waals surface area contributed by atoms with E-state index in [0.717, 1.165) is 31.6 Å². The number of halogens is 2. The van der Waals surface area contributed by atoms with Gasteiger partial charge in [0, 0.05) is 6.26 Å². The summed E-state index contributed by atoms with van der Waals surface area (Å²) < 4.78 is 51.6. The van der Waals surface area contributed by atoms with E-state index in [1.165, 1.54) is 0 Å². The summed E-state index contributed by atoms with van der Waals surface area (Å²) in [6, 6.07) is 3.10. The lowest BCUT2D eigenvalue weighted by atomic mass is 10.2. The summed E-state index contributed by atoms with van der Waals surface area (Å²) in [6.45, 7) is 0. The van der Waals surface area contributed by atoms with E-state index in [0.29, 0.717) is 0 Å². The molecule has 0 heterocycles. The molecule has 0 aliphatic carbocycles. The van der Waals surface area contributed by atoms with Gasteiger partial charge in [-0.25, -0.2) is 13.2 Å². The lowest BCUT2D eigenvalue weighted by Crippen LogP contribution is -2.22. The summed E-state index contributed by atoms with van der Waals surface area (Å²) in [5.74, 6) is -2.55. The third-order valence-corrected chi connectivity index (χ3v) is 3.39. The highest BCUT2D eigenvalue weighted by atomic mass is 32.2. The summed E-state index contributed by atoms with van der Waals surface area (Å²) in [6.07, 6.45) is -2.40. The molecule has 1 aromatic rings. The maximum Gasteiger partial charge on any atom is 0.339 e. The normalized spacial score (nSPS) is 11.2. The van der Waals surface area contributed by atoms with Gasteiger partial charge in [-0.05, 0) is 18.2 Å². The van der Waals surface area contributed by atoms with Crippen molar-refractivity contribution in [2.24, 2.45) is 0 Å². The highest BCUT2D eigenvalue weighted by Crippen LogP contribution is 2.22. The Balaban J connectivity index is 3.34. The van der Waals surface area contributed by atoms with Gasteiger partial charge in [0.2, 0.25) is 0 Å². The number of methoxy groups -OCH3 is 1. The van der Waals surface area contributed by atoms with Gasteiger partial charge in [-0.2, -0.15) is 8.78 Å². The van der Waals surface area contributed by atoms with Crippen LogP contribution in [-0.2, 0) is 19.4 Å². The zero-order valence-corrected chi connectivity index (χ0v) is 11.3. The SMILES string of the molecule is COC(=O)c1ccc(S(C)(=O)=O)cc1NC(=O)C(F)F. The quantitative estimate of drug-likeness (QED) is 0.841. The van der Waals surface area contributed by atoms with Crippen molar-refractivity contribution >= 4 is 27.4 Å². The van der Waals surface area contributed by atoms with Crippen molar-refractivity contribution in [1.82, 2.24) is 0 Å². The summed E-state index contributed by atoms with van der Waals surface area (Å²) in [5.41, 5.74) is -0.584. The minimum absolute atomic E-state index is 0.227. The second-order valence-electron chi connectivity index (χ2n) is 3.76. The summed E-state index contributed by atoms with van der Waals surface area (Å²) in [4.78, 5) is 22.2. The molecule has 0 spiro atoms. The summed E-state index contributed by atoms with van der Waals surface area (Å²) in [7, 11) is -2.56. The highest BCUT2D eigenvalue weighted by Gasteiger charge is 2.21. The van der Waals surface area contributed by atoms with Gasteiger partial charge >= 0.3 is 12.4 Å². The van der Waals surface area contributed by atoms with Crippen LogP contribution in [0, 0.1) is 0 Å². The minimum Gasteiger partial charge on any atom is -0.465 e. The molecule has 20 heavy (non-hydrogen) atoms. The van der Waals surface area contributed by atoms with Crippen LogP contribution in [0.5, 0.6) is 0 Å². The van der Waals surface area contributed by atoms with E-state index in [4.69, 9.17) is 0 Å². The number of hydrogen-bond acceptors (Lipinski definition) is 5. The monoisotopic (exact) mass is 307 g/mol. The number of hydrogen-bond donors (Lipinski definition) is 1. The molecule has 1 amide bonds. The van der Waals surface area contributed by atoms with Crippen molar-refractivity contribution in [3.63, 3.8) is 0 Å². The average molecular weight is 307 g/mol. The molecule has 0 aliphatic heterocycles. The van der Waals surface area contributed by atoms with Gasteiger partial charge in [-0.1, -0.05) is 0 Å².